The van der Waals surface area contributed by atoms with Crippen LogP contribution in [-0.2, 0) is 16.2 Å². The van der Waals surface area contributed by atoms with Gasteiger partial charge in [-0.2, -0.15) is 26.2 Å². The second-order valence-corrected chi connectivity index (χ2v) is 1.000. The van der Waals surface area contributed by atoms with E-state index in [0.29, 0.717) is 0 Å². The first-order chi connectivity index (χ1) is 4.83. The molecule has 0 radical (unpaired) electrons. The summed E-state index contributed by atoms with van der Waals surface area (Å²) < 4.78 is 9.19. The minimum absolute atomic E-state index is 0. The molecule has 0 saturated heterocycles. The number of halogens is 1. The Bertz CT molecular complexity index is 30.1. The molecule has 74 valence electrons. The van der Waals surface area contributed by atoms with Gasteiger partial charge < -0.3 is 28.4 Å². The largest absolute Gasteiger partial charge is 0.679 e. The standard InChI is InChI=1S/2C2H6N2.Co.FH.H2O/c2*3-1-2-4;;;/h2*3-4H,1-2H2;;1H;1H2/q2*-2;+3;;/p-1. The van der Waals surface area contributed by atoms with Gasteiger partial charge >= 0.3 is 19.8 Å². The van der Waals surface area contributed by atoms with Crippen molar-refractivity contribution in [3.05, 3.63) is 22.9 Å². The molecule has 7 heteroatoms. The molecule has 0 spiro atoms. The van der Waals surface area contributed by atoms with Crippen LogP contribution in [-0.4, -0.2) is 31.7 Å². The topological polar surface area (TPSA) is 127 Å². The first-order valence-corrected chi connectivity index (χ1v) is 2.93. The molecule has 0 aromatic rings. The van der Waals surface area contributed by atoms with Crippen LogP contribution in [0.1, 0.15) is 0 Å². The Balaban J connectivity index is -0.0000000339. The number of rotatable bonds is 2. The van der Waals surface area contributed by atoms with Gasteiger partial charge in [-0.15, -0.1) is 0 Å². The maximum Gasteiger partial charge on any atom is -0.171 e. The summed E-state index contributed by atoms with van der Waals surface area (Å²) in [5.74, 6) is 0. The van der Waals surface area contributed by atoms with Crippen molar-refractivity contribution < 1.29 is 25.2 Å². The molecule has 0 amide bonds. The van der Waals surface area contributed by atoms with E-state index < -0.39 is 0 Å². The molecule has 0 aromatic carbocycles. The maximum atomic E-state index is 9.19. The molecule has 5 nitrogen and oxygen atoms in total. The third kappa shape index (κ3) is 139. The van der Waals surface area contributed by atoms with Crippen molar-refractivity contribution in [2.75, 3.05) is 26.2 Å². The van der Waals surface area contributed by atoms with Gasteiger partial charge in [-0.1, -0.05) is 0 Å². The Morgan fingerprint density at radius 3 is 0.818 bits per heavy atom. The van der Waals surface area contributed by atoms with E-state index in [9.17, 15) is 3.58 Å². The first-order valence-electron chi connectivity index (χ1n) is 2.54. The summed E-state index contributed by atoms with van der Waals surface area (Å²) in [4.78, 5) is 0. The fourth-order valence-electron chi connectivity index (χ4n) is 0. The Labute approximate surface area is 75.0 Å². The third-order valence-electron chi connectivity index (χ3n) is 0.250. The van der Waals surface area contributed by atoms with Gasteiger partial charge in [0.2, 0.25) is 0 Å². The van der Waals surface area contributed by atoms with Gasteiger partial charge in [0.15, 0.2) is 0 Å². The van der Waals surface area contributed by atoms with Gasteiger partial charge in [-0.25, -0.2) is 0 Å². The Morgan fingerprint density at radius 2 is 0.818 bits per heavy atom. The van der Waals surface area contributed by atoms with Crippen LogP contribution in [0.2, 0.25) is 0 Å². The van der Waals surface area contributed by atoms with E-state index >= 15 is 0 Å². The summed E-state index contributed by atoms with van der Waals surface area (Å²) in [7, 11) is 0. The number of nitrogens with one attached hydrogen (secondary N) is 4. The fraction of sp³-hybridized carbons (Fsp3) is 1.00. The molecule has 6 N–H and O–H groups in total. The molecule has 0 aliphatic carbocycles. The minimum atomic E-state index is 0. The van der Waals surface area contributed by atoms with Crippen LogP contribution in [0.3, 0.4) is 0 Å². The Hall–Kier alpha value is 0.236. The zero-order chi connectivity index (χ0) is 8.83. The molecule has 0 saturated carbocycles. The normalized spacial score (nSPS) is 6.00. The SMILES string of the molecule is O.[F][Co+2].[NH-]CC[NH-].[NH-]CC[NH-]. The van der Waals surface area contributed by atoms with Crippen LogP contribution in [0.4, 0.5) is 3.58 Å². The van der Waals surface area contributed by atoms with Crippen LogP contribution in [0.15, 0.2) is 0 Å². The molecular formula is C4H14CoFN4O-2. The smallest absolute Gasteiger partial charge is 0.171 e. The van der Waals surface area contributed by atoms with E-state index in [4.69, 9.17) is 22.9 Å². The molecule has 0 aliphatic rings. The van der Waals surface area contributed by atoms with Crippen LogP contribution >= 0.6 is 0 Å². The molecular weight excluding hydrogens is 198 g/mol. The van der Waals surface area contributed by atoms with Gasteiger partial charge in [0.25, 0.3) is 0 Å². The molecule has 0 heterocycles. The van der Waals surface area contributed by atoms with E-state index in [2.05, 4.69) is 16.2 Å². The second-order valence-electron chi connectivity index (χ2n) is 1.000. The van der Waals surface area contributed by atoms with Crippen LogP contribution in [0.5, 0.6) is 0 Å². The van der Waals surface area contributed by atoms with E-state index in [1.807, 2.05) is 0 Å². The van der Waals surface area contributed by atoms with Crippen molar-refractivity contribution in [1.82, 2.24) is 0 Å². The zero-order valence-corrected chi connectivity index (χ0v) is 7.08. The summed E-state index contributed by atoms with van der Waals surface area (Å²) in [6.07, 6.45) is 0. The summed E-state index contributed by atoms with van der Waals surface area (Å²) >= 11 is 2.06. The van der Waals surface area contributed by atoms with Crippen molar-refractivity contribution >= 4 is 0 Å². The summed E-state index contributed by atoms with van der Waals surface area (Å²) in [6, 6.07) is 0. The monoisotopic (exact) mass is 212 g/mol. The Morgan fingerprint density at radius 1 is 0.727 bits per heavy atom. The van der Waals surface area contributed by atoms with Crippen molar-refractivity contribution in [1.29, 1.82) is 0 Å². The van der Waals surface area contributed by atoms with Crippen LogP contribution in [0, 0.1) is 0 Å². The predicted octanol–water partition coefficient (Wildman–Crippen LogP) is 1.77. The zero-order valence-electron chi connectivity index (χ0n) is 6.04. The van der Waals surface area contributed by atoms with Crippen LogP contribution < -0.4 is 0 Å². The van der Waals surface area contributed by atoms with Crippen LogP contribution in [0.25, 0.3) is 22.9 Å². The summed E-state index contributed by atoms with van der Waals surface area (Å²) in [5.41, 5.74) is 25.1. The maximum absolute atomic E-state index is 9.19. The minimum Gasteiger partial charge on any atom is -0.679 e. The van der Waals surface area contributed by atoms with E-state index in [1.165, 1.54) is 0 Å². The molecule has 0 aromatic heterocycles. The number of hydrogen-bond acceptors (Lipinski definition) is 0. The van der Waals surface area contributed by atoms with Crippen molar-refractivity contribution in [2.24, 2.45) is 0 Å². The van der Waals surface area contributed by atoms with Gasteiger partial charge in [0.1, 0.15) is 0 Å². The third-order valence-corrected chi connectivity index (χ3v) is 0.250. The van der Waals surface area contributed by atoms with Gasteiger partial charge in [0.05, 0.1) is 0 Å². The summed E-state index contributed by atoms with van der Waals surface area (Å²) in [6.45, 7) is 0.944. The van der Waals surface area contributed by atoms with Crippen molar-refractivity contribution in [3.63, 3.8) is 0 Å². The number of hydrogen-bond donors (Lipinski definition) is 0. The van der Waals surface area contributed by atoms with E-state index in [1.54, 1.807) is 0 Å². The molecule has 0 atom stereocenters. The molecule has 0 rings (SSSR count). The van der Waals surface area contributed by atoms with Crippen molar-refractivity contribution in [3.8, 4) is 0 Å². The van der Waals surface area contributed by atoms with Crippen molar-refractivity contribution in [2.45, 2.75) is 0 Å². The van der Waals surface area contributed by atoms with Gasteiger partial charge in [-0.3, -0.25) is 0 Å². The molecule has 0 aliphatic heterocycles. The Kier molecular flexibility index (Phi) is 99.5. The fourth-order valence-corrected chi connectivity index (χ4v) is 0. The van der Waals surface area contributed by atoms with E-state index in [0.717, 1.165) is 0 Å². The second kappa shape index (κ2) is 48.7. The predicted molar refractivity (Wildman–Crippen MR) is 41.5 cm³/mol. The molecule has 0 unspecified atom stereocenters. The average molecular weight is 212 g/mol. The molecule has 0 fully saturated rings. The first kappa shape index (κ1) is 22.5. The quantitative estimate of drug-likeness (QED) is 0.660. The molecule has 11 heavy (non-hydrogen) atoms. The summed E-state index contributed by atoms with van der Waals surface area (Å²) in [5, 5.41) is 0. The molecule has 0 bridgehead atoms. The average Bonchev–Trinajstić information content (AvgIpc) is 2.08. The van der Waals surface area contributed by atoms with E-state index in [-0.39, 0.29) is 31.7 Å². The van der Waals surface area contributed by atoms with Gasteiger partial charge in [-0.05, 0) is 0 Å². The van der Waals surface area contributed by atoms with Gasteiger partial charge in [0, 0.05) is 0 Å².